The zero-order valence-electron chi connectivity index (χ0n) is 14.8. The Kier molecular flexibility index (Phi) is 3.65. The zero-order chi connectivity index (χ0) is 17.1. The molecule has 0 radical (unpaired) electrons. The lowest BCUT2D eigenvalue weighted by Crippen LogP contribution is -2.44. The monoisotopic (exact) mass is 324 g/mol. The quantitative estimate of drug-likeness (QED) is 0.784. The number of aliphatic hydroxyl groups excluding tert-OH is 1. The highest BCUT2D eigenvalue weighted by Gasteiger charge is 2.56. The van der Waals surface area contributed by atoms with Crippen LogP contribution in [0.3, 0.4) is 0 Å². The summed E-state index contributed by atoms with van der Waals surface area (Å²) in [5.41, 5.74) is 5.00. The molecule has 2 saturated carbocycles. The molecule has 2 heteroatoms. The molecule has 5 atom stereocenters. The van der Waals surface area contributed by atoms with Crippen molar-refractivity contribution in [1.29, 1.82) is 0 Å². The van der Waals surface area contributed by atoms with Crippen LogP contribution < -0.4 is 0 Å². The molecule has 0 aromatic heterocycles. The molecule has 0 aliphatic heterocycles. The normalized spacial score (nSPS) is 39.2. The summed E-state index contributed by atoms with van der Waals surface area (Å²) >= 11 is 0. The number of aromatic hydroxyl groups is 1. The van der Waals surface area contributed by atoms with Gasteiger partial charge in [-0.05, 0) is 85.6 Å². The average Bonchev–Trinajstić information content (AvgIpc) is 2.78. The zero-order valence-corrected chi connectivity index (χ0v) is 14.8. The van der Waals surface area contributed by atoms with E-state index in [4.69, 9.17) is 0 Å². The van der Waals surface area contributed by atoms with Crippen molar-refractivity contribution in [3.63, 3.8) is 0 Å². The smallest absolute Gasteiger partial charge is 0.115 e. The molecule has 2 nitrogen and oxygen atoms in total. The fourth-order valence-corrected chi connectivity index (χ4v) is 5.88. The van der Waals surface area contributed by atoms with Crippen LogP contribution in [0.4, 0.5) is 0 Å². The van der Waals surface area contributed by atoms with E-state index >= 15 is 0 Å². The number of allylic oxidation sites excluding steroid dienone is 2. The Morgan fingerprint density at radius 3 is 2.88 bits per heavy atom. The number of benzene rings is 1. The average molecular weight is 324 g/mol. The van der Waals surface area contributed by atoms with E-state index in [-0.39, 0.29) is 11.5 Å². The second-order valence-electron chi connectivity index (χ2n) is 8.52. The third kappa shape index (κ3) is 2.27. The second kappa shape index (κ2) is 5.49. The molecule has 3 unspecified atom stereocenters. The van der Waals surface area contributed by atoms with E-state index in [2.05, 4.69) is 25.6 Å². The largest absolute Gasteiger partial charge is 0.508 e. The van der Waals surface area contributed by atoms with Crippen molar-refractivity contribution in [3.8, 4) is 5.75 Å². The van der Waals surface area contributed by atoms with Gasteiger partial charge in [0.05, 0.1) is 6.10 Å². The summed E-state index contributed by atoms with van der Waals surface area (Å²) in [6.07, 6.45) is 7.25. The summed E-state index contributed by atoms with van der Waals surface area (Å²) in [5, 5.41) is 20.8. The Morgan fingerprint density at radius 2 is 2.12 bits per heavy atom. The van der Waals surface area contributed by atoms with Crippen molar-refractivity contribution in [3.05, 3.63) is 53.1 Å². The molecule has 0 heterocycles. The molecular formula is C22H28O2. The number of aliphatic hydroxyl groups is 1. The lowest BCUT2D eigenvalue weighted by Gasteiger charge is -2.49. The van der Waals surface area contributed by atoms with Crippen LogP contribution in [-0.4, -0.2) is 16.3 Å². The molecule has 0 amide bonds. The van der Waals surface area contributed by atoms with Gasteiger partial charge < -0.3 is 10.2 Å². The predicted molar refractivity (Wildman–Crippen MR) is 97.0 cm³/mol. The molecule has 4 rings (SSSR count). The molecule has 24 heavy (non-hydrogen) atoms. The molecule has 0 spiro atoms. The Labute approximate surface area is 144 Å². The molecule has 1 aromatic carbocycles. The molecule has 128 valence electrons. The fraction of sp³-hybridized carbons (Fsp3) is 0.545. The molecule has 0 bridgehead atoms. The maximum absolute atomic E-state index is 11.0. The highest BCUT2D eigenvalue weighted by Crippen LogP contribution is 2.62. The predicted octanol–water partition coefficient (Wildman–Crippen LogP) is 4.72. The van der Waals surface area contributed by atoms with Gasteiger partial charge >= 0.3 is 0 Å². The first-order valence-corrected chi connectivity index (χ1v) is 9.26. The van der Waals surface area contributed by atoms with Crippen LogP contribution in [0.1, 0.15) is 56.6 Å². The van der Waals surface area contributed by atoms with Gasteiger partial charge in [-0.1, -0.05) is 31.2 Å². The first kappa shape index (κ1) is 16.0. The van der Waals surface area contributed by atoms with E-state index in [9.17, 15) is 10.2 Å². The standard InChI is InChI=1S/C22H28O2/c1-13(2)10-15-12-20-19-6-4-14-11-16(23)5-7-17(14)18(19)8-9-22(20,3)21(15)24/h5,7,10-11,18-21,23-24H,1,4,6,8-9,12H2,2-3H3/b15-10+/t18?,19?,20?,21-,22-/m0/s1. The van der Waals surface area contributed by atoms with Crippen LogP contribution >= 0.6 is 0 Å². The summed E-state index contributed by atoms with van der Waals surface area (Å²) in [6, 6.07) is 5.93. The number of phenolic OH excluding ortho intramolecular Hbond substituents is 1. The maximum atomic E-state index is 11.0. The van der Waals surface area contributed by atoms with Gasteiger partial charge in [0.15, 0.2) is 0 Å². The maximum Gasteiger partial charge on any atom is 0.115 e. The second-order valence-corrected chi connectivity index (χ2v) is 8.52. The number of hydrogen-bond acceptors (Lipinski definition) is 2. The molecule has 0 saturated heterocycles. The summed E-state index contributed by atoms with van der Waals surface area (Å²) in [5.74, 6) is 2.17. The summed E-state index contributed by atoms with van der Waals surface area (Å²) in [6.45, 7) is 8.31. The summed E-state index contributed by atoms with van der Waals surface area (Å²) < 4.78 is 0. The van der Waals surface area contributed by atoms with Crippen molar-refractivity contribution in [2.24, 2.45) is 17.3 Å². The number of rotatable bonds is 1. The highest BCUT2D eigenvalue weighted by atomic mass is 16.3. The van der Waals surface area contributed by atoms with Crippen molar-refractivity contribution in [1.82, 2.24) is 0 Å². The van der Waals surface area contributed by atoms with Gasteiger partial charge in [0.25, 0.3) is 0 Å². The number of hydrogen-bond donors (Lipinski definition) is 2. The first-order valence-electron chi connectivity index (χ1n) is 9.26. The van der Waals surface area contributed by atoms with Gasteiger partial charge in [0, 0.05) is 5.41 Å². The van der Waals surface area contributed by atoms with E-state index in [1.54, 1.807) is 0 Å². The van der Waals surface area contributed by atoms with Crippen LogP contribution in [0.5, 0.6) is 5.75 Å². The molecule has 1 aromatic rings. The van der Waals surface area contributed by atoms with Gasteiger partial charge in [0.1, 0.15) is 5.75 Å². The fourth-order valence-electron chi connectivity index (χ4n) is 5.88. The van der Waals surface area contributed by atoms with Gasteiger partial charge in [-0.25, -0.2) is 0 Å². The SMILES string of the molecule is C=C(C)/C=C1\CC2C3CCc4cc(O)ccc4C3CC[C@]2(C)[C@H]1O. The Morgan fingerprint density at radius 1 is 1.33 bits per heavy atom. The Balaban J connectivity index is 1.70. The minimum atomic E-state index is -0.318. The first-order chi connectivity index (χ1) is 11.4. The minimum Gasteiger partial charge on any atom is -0.508 e. The third-order valence-electron chi connectivity index (χ3n) is 7.01. The van der Waals surface area contributed by atoms with Gasteiger partial charge in [-0.15, -0.1) is 0 Å². The van der Waals surface area contributed by atoms with E-state index < -0.39 is 0 Å². The topological polar surface area (TPSA) is 40.5 Å². The van der Waals surface area contributed by atoms with Crippen LogP contribution in [0, 0.1) is 17.3 Å². The minimum absolute atomic E-state index is 0.0108. The summed E-state index contributed by atoms with van der Waals surface area (Å²) in [4.78, 5) is 0. The molecule has 2 N–H and O–H groups in total. The van der Waals surface area contributed by atoms with Crippen LogP contribution in [0.15, 0.2) is 42.0 Å². The molecule has 3 aliphatic carbocycles. The number of phenols is 1. The van der Waals surface area contributed by atoms with Crippen molar-refractivity contribution >= 4 is 0 Å². The van der Waals surface area contributed by atoms with E-state index in [1.807, 2.05) is 19.1 Å². The Hall–Kier alpha value is -1.54. The third-order valence-corrected chi connectivity index (χ3v) is 7.01. The Bertz CT molecular complexity index is 717. The van der Waals surface area contributed by atoms with Crippen molar-refractivity contribution in [2.75, 3.05) is 0 Å². The number of aryl methyl sites for hydroxylation is 1. The molecular weight excluding hydrogens is 296 g/mol. The molecule has 2 fully saturated rings. The highest BCUT2D eigenvalue weighted by molar-refractivity contribution is 5.41. The van der Waals surface area contributed by atoms with Gasteiger partial charge in [-0.2, -0.15) is 0 Å². The van der Waals surface area contributed by atoms with Crippen LogP contribution in [0.2, 0.25) is 0 Å². The number of fused-ring (bicyclic) bond motifs is 5. The van der Waals surface area contributed by atoms with E-state index in [0.29, 0.717) is 23.5 Å². The van der Waals surface area contributed by atoms with E-state index in [1.165, 1.54) is 23.1 Å². The molecule has 3 aliphatic rings. The van der Waals surface area contributed by atoms with Crippen LogP contribution in [0.25, 0.3) is 0 Å². The lowest BCUT2D eigenvalue weighted by molar-refractivity contribution is -0.0160. The lowest BCUT2D eigenvalue weighted by atomic mass is 9.55. The van der Waals surface area contributed by atoms with Crippen molar-refractivity contribution in [2.45, 2.75) is 58.0 Å². The van der Waals surface area contributed by atoms with Gasteiger partial charge in [0.2, 0.25) is 0 Å². The van der Waals surface area contributed by atoms with Gasteiger partial charge in [-0.3, -0.25) is 0 Å². The van der Waals surface area contributed by atoms with E-state index in [0.717, 1.165) is 31.3 Å². The van der Waals surface area contributed by atoms with Crippen LogP contribution in [-0.2, 0) is 6.42 Å². The summed E-state index contributed by atoms with van der Waals surface area (Å²) in [7, 11) is 0. The van der Waals surface area contributed by atoms with Crippen molar-refractivity contribution < 1.29 is 10.2 Å².